The van der Waals surface area contributed by atoms with Crippen molar-refractivity contribution in [3.05, 3.63) is 65.2 Å². The van der Waals surface area contributed by atoms with E-state index in [1.54, 1.807) is 0 Å². The lowest BCUT2D eigenvalue weighted by atomic mass is 10.2. The van der Waals surface area contributed by atoms with Crippen molar-refractivity contribution in [2.24, 2.45) is 15.9 Å². The Kier molecular flexibility index (Phi) is 6.10. The maximum atomic E-state index is 13.7. The first-order valence-corrected chi connectivity index (χ1v) is 7.65. The number of rotatable bonds is 5. The van der Waals surface area contributed by atoms with Crippen LogP contribution in [0.25, 0.3) is 0 Å². The van der Waals surface area contributed by atoms with Gasteiger partial charge in [-0.2, -0.15) is 9.49 Å². The lowest BCUT2D eigenvalue weighted by Crippen LogP contribution is -2.06. The van der Waals surface area contributed by atoms with E-state index in [1.165, 1.54) is 31.0 Å². The highest BCUT2D eigenvalue weighted by Gasteiger charge is 2.12. The predicted molar refractivity (Wildman–Crippen MR) is 89.9 cm³/mol. The van der Waals surface area contributed by atoms with Gasteiger partial charge in [-0.15, -0.1) is 5.10 Å². The molecule has 4 nitrogen and oxygen atoms in total. The Balaban J connectivity index is 1.98. The van der Waals surface area contributed by atoms with Crippen LogP contribution in [0.1, 0.15) is 11.1 Å². The standard InChI is InChI=1S/C16H15F2N3OS/c1-22-13-8-7-12(14(17)15(13)18)9-20-21-16(19)23-10-11-5-3-2-4-6-11/h2-9H,10H2,1H3,(H2,19,21). The van der Waals surface area contributed by atoms with Gasteiger partial charge in [0, 0.05) is 11.3 Å². The summed E-state index contributed by atoms with van der Waals surface area (Å²) in [5.41, 5.74) is 6.78. The van der Waals surface area contributed by atoms with E-state index in [0.717, 1.165) is 11.8 Å². The van der Waals surface area contributed by atoms with Crippen molar-refractivity contribution in [1.29, 1.82) is 0 Å². The van der Waals surface area contributed by atoms with Crippen LogP contribution in [0.5, 0.6) is 5.75 Å². The summed E-state index contributed by atoms with van der Waals surface area (Å²) in [4.78, 5) is 0. The third-order valence-electron chi connectivity index (χ3n) is 2.88. The van der Waals surface area contributed by atoms with Gasteiger partial charge in [-0.05, 0) is 17.7 Å². The summed E-state index contributed by atoms with van der Waals surface area (Å²) >= 11 is 1.30. The fraction of sp³-hybridized carbons (Fsp3) is 0.125. The molecule has 0 aliphatic rings. The first-order valence-electron chi connectivity index (χ1n) is 6.67. The van der Waals surface area contributed by atoms with Crippen molar-refractivity contribution in [1.82, 2.24) is 0 Å². The van der Waals surface area contributed by atoms with Crippen LogP contribution >= 0.6 is 11.8 Å². The normalized spacial score (nSPS) is 11.9. The largest absolute Gasteiger partial charge is 0.494 e. The Bertz CT molecular complexity index is 721. The van der Waals surface area contributed by atoms with Crippen LogP contribution in [-0.2, 0) is 5.75 Å². The zero-order chi connectivity index (χ0) is 16.7. The topological polar surface area (TPSA) is 60.0 Å². The maximum Gasteiger partial charge on any atom is 0.201 e. The van der Waals surface area contributed by atoms with E-state index in [9.17, 15) is 8.78 Å². The number of halogens is 2. The quantitative estimate of drug-likeness (QED) is 0.516. The van der Waals surface area contributed by atoms with Crippen molar-refractivity contribution in [2.45, 2.75) is 5.75 Å². The summed E-state index contributed by atoms with van der Waals surface area (Å²) in [7, 11) is 1.26. The van der Waals surface area contributed by atoms with E-state index in [1.807, 2.05) is 30.3 Å². The number of nitrogens with zero attached hydrogens (tertiary/aromatic N) is 2. The second-order valence-electron chi connectivity index (χ2n) is 4.44. The molecule has 0 amide bonds. The molecule has 0 radical (unpaired) electrons. The summed E-state index contributed by atoms with van der Waals surface area (Å²) in [6.07, 6.45) is 1.10. The molecule has 0 fully saturated rings. The number of methoxy groups -OCH3 is 1. The van der Waals surface area contributed by atoms with Crippen molar-refractivity contribution in [3.63, 3.8) is 0 Å². The molecule has 0 unspecified atom stereocenters. The minimum atomic E-state index is -1.06. The molecular formula is C16H15F2N3OS. The molecule has 7 heteroatoms. The average Bonchev–Trinajstić information content (AvgIpc) is 2.58. The Morgan fingerprint density at radius 2 is 1.91 bits per heavy atom. The zero-order valence-corrected chi connectivity index (χ0v) is 13.2. The summed E-state index contributed by atoms with van der Waals surface area (Å²) in [6.45, 7) is 0. The zero-order valence-electron chi connectivity index (χ0n) is 12.4. The van der Waals surface area contributed by atoms with E-state index in [2.05, 4.69) is 14.9 Å². The molecule has 23 heavy (non-hydrogen) atoms. The van der Waals surface area contributed by atoms with Gasteiger partial charge in [0.2, 0.25) is 5.82 Å². The van der Waals surface area contributed by atoms with Crippen LogP contribution < -0.4 is 10.5 Å². The number of nitrogens with two attached hydrogens (primary N) is 1. The van der Waals surface area contributed by atoms with Crippen LogP contribution in [0, 0.1) is 11.6 Å². The van der Waals surface area contributed by atoms with Crippen molar-refractivity contribution < 1.29 is 13.5 Å². The van der Waals surface area contributed by atoms with Crippen LogP contribution in [0.3, 0.4) is 0 Å². The van der Waals surface area contributed by atoms with Crippen LogP contribution in [0.4, 0.5) is 8.78 Å². The number of amidine groups is 1. The van der Waals surface area contributed by atoms with E-state index >= 15 is 0 Å². The van der Waals surface area contributed by atoms with Gasteiger partial charge in [-0.3, -0.25) is 0 Å². The number of benzene rings is 2. The second kappa shape index (κ2) is 8.28. The van der Waals surface area contributed by atoms with Gasteiger partial charge in [0.05, 0.1) is 13.3 Å². The first-order chi connectivity index (χ1) is 11.1. The summed E-state index contributed by atoms with van der Waals surface area (Å²) in [5, 5.41) is 7.67. The molecule has 0 bridgehead atoms. The number of thioether (sulfide) groups is 1. The Hall–Kier alpha value is -2.41. The van der Waals surface area contributed by atoms with E-state index in [0.29, 0.717) is 5.75 Å². The van der Waals surface area contributed by atoms with Crippen molar-refractivity contribution in [3.8, 4) is 5.75 Å². The first kappa shape index (κ1) is 17.0. The highest BCUT2D eigenvalue weighted by Crippen LogP contribution is 2.21. The van der Waals surface area contributed by atoms with Gasteiger partial charge in [0.25, 0.3) is 0 Å². The van der Waals surface area contributed by atoms with Gasteiger partial charge >= 0.3 is 0 Å². The van der Waals surface area contributed by atoms with E-state index in [4.69, 9.17) is 5.73 Å². The third-order valence-corrected chi connectivity index (χ3v) is 3.73. The molecule has 0 spiro atoms. The highest BCUT2D eigenvalue weighted by molar-refractivity contribution is 8.13. The molecule has 0 aromatic heterocycles. The SMILES string of the molecule is COc1ccc(C=NN=C(N)SCc2ccccc2)c(F)c1F. The molecule has 0 heterocycles. The summed E-state index contributed by atoms with van der Waals surface area (Å²) in [6, 6.07) is 12.4. The molecule has 0 atom stereocenters. The number of ether oxygens (including phenoxy) is 1. The van der Waals surface area contributed by atoms with Crippen LogP contribution in [0.2, 0.25) is 0 Å². The Morgan fingerprint density at radius 1 is 1.17 bits per heavy atom. The van der Waals surface area contributed by atoms with Gasteiger partial charge in [-0.25, -0.2) is 4.39 Å². The molecule has 2 aromatic carbocycles. The van der Waals surface area contributed by atoms with Gasteiger partial charge in [-0.1, -0.05) is 42.1 Å². The van der Waals surface area contributed by atoms with Crippen molar-refractivity contribution >= 4 is 23.1 Å². The minimum Gasteiger partial charge on any atom is -0.494 e. The molecule has 2 aromatic rings. The number of hydrogen-bond donors (Lipinski definition) is 1. The Morgan fingerprint density at radius 3 is 2.61 bits per heavy atom. The molecule has 0 aliphatic carbocycles. The smallest absolute Gasteiger partial charge is 0.201 e. The Labute approximate surface area is 137 Å². The maximum absolute atomic E-state index is 13.7. The monoisotopic (exact) mass is 335 g/mol. The average molecular weight is 335 g/mol. The highest BCUT2D eigenvalue weighted by atomic mass is 32.2. The van der Waals surface area contributed by atoms with Crippen LogP contribution in [-0.4, -0.2) is 18.5 Å². The molecule has 0 saturated heterocycles. The lowest BCUT2D eigenvalue weighted by Gasteiger charge is -2.03. The fourth-order valence-corrected chi connectivity index (χ4v) is 2.32. The second-order valence-corrected chi connectivity index (χ2v) is 5.44. The van der Waals surface area contributed by atoms with Gasteiger partial charge < -0.3 is 10.5 Å². The van der Waals surface area contributed by atoms with E-state index < -0.39 is 11.6 Å². The molecule has 2 rings (SSSR count). The lowest BCUT2D eigenvalue weighted by molar-refractivity contribution is 0.371. The van der Waals surface area contributed by atoms with Crippen molar-refractivity contribution in [2.75, 3.05) is 7.11 Å². The molecular weight excluding hydrogens is 320 g/mol. The van der Waals surface area contributed by atoms with E-state index in [-0.39, 0.29) is 16.5 Å². The molecule has 0 saturated carbocycles. The van der Waals surface area contributed by atoms with Crippen LogP contribution in [0.15, 0.2) is 52.7 Å². The van der Waals surface area contributed by atoms with Gasteiger partial charge in [0.1, 0.15) is 0 Å². The summed E-state index contributed by atoms with van der Waals surface area (Å²) < 4.78 is 31.9. The predicted octanol–water partition coefficient (Wildman–Crippen LogP) is 3.56. The number of hydrogen-bond acceptors (Lipinski definition) is 4. The third kappa shape index (κ3) is 4.79. The summed E-state index contributed by atoms with van der Waals surface area (Å²) in [5.74, 6) is -1.62. The fourth-order valence-electron chi connectivity index (χ4n) is 1.71. The molecule has 2 N–H and O–H groups in total. The minimum absolute atomic E-state index is 0.0343. The molecule has 0 aliphatic heterocycles. The van der Waals surface area contributed by atoms with Gasteiger partial charge in [0.15, 0.2) is 16.7 Å². The molecule has 120 valence electrons.